The number of methoxy groups -OCH3 is 1. The third kappa shape index (κ3) is 2.28. The molecule has 3 heteroatoms. The second-order valence-electron chi connectivity index (χ2n) is 4.70. The number of fused-ring (bicyclic) bond motifs is 1. The third-order valence-electron chi connectivity index (χ3n) is 3.54. The van der Waals surface area contributed by atoms with Crippen molar-refractivity contribution >= 4 is 11.7 Å². The van der Waals surface area contributed by atoms with Gasteiger partial charge in [0.05, 0.1) is 13.5 Å². The maximum atomic E-state index is 11.4. The fourth-order valence-electron chi connectivity index (χ4n) is 2.65. The predicted octanol–water partition coefficient (Wildman–Crippen LogP) is 2.48. The lowest BCUT2D eigenvalue weighted by atomic mass is 9.86. The van der Waals surface area contributed by atoms with Crippen LogP contribution in [0.15, 0.2) is 18.2 Å². The highest BCUT2D eigenvalue weighted by Crippen LogP contribution is 2.38. The molecule has 0 radical (unpaired) electrons. The van der Waals surface area contributed by atoms with Gasteiger partial charge in [-0.1, -0.05) is 18.2 Å². The minimum atomic E-state index is -0.119. The van der Waals surface area contributed by atoms with E-state index in [1.807, 2.05) is 0 Å². The fourth-order valence-corrected chi connectivity index (χ4v) is 2.65. The first kappa shape index (κ1) is 12.0. The number of hydrogen-bond donors (Lipinski definition) is 0. The van der Waals surface area contributed by atoms with Crippen LogP contribution in [-0.2, 0) is 9.53 Å². The molecule has 17 heavy (non-hydrogen) atoms. The normalized spacial score (nSPS) is 18.8. The number of ether oxygens (including phenoxy) is 1. The van der Waals surface area contributed by atoms with Crippen molar-refractivity contribution in [2.75, 3.05) is 25.6 Å². The van der Waals surface area contributed by atoms with E-state index in [-0.39, 0.29) is 5.97 Å². The van der Waals surface area contributed by atoms with E-state index in [0.29, 0.717) is 12.3 Å². The van der Waals surface area contributed by atoms with Crippen LogP contribution in [0.5, 0.6) is 0 Å². The molecule has 0 fully saturated rings. The van der Waals surface area contributed by atoms with E-state index in [1.54, 1.807) is 0 Å². The average Bonchev–Trinajstić information content (AvgIpc) is 2.32. The smallest absolute Gasteiger partial charge is 0.306 e. The van der Waals surface area contributed by atoms with Crippen LogP contribution in [0, 0.1) is 6.92 Å². The maximum Gasteiger partial charge on any atom is 0.306 e. The van der Waals surface area contributed by atoms with Crippen molar-refractivity contribution < 1.29 is 9.53 Å². The van der Waals surface area contributed by atoms with Gasteiger partial charge in [-0.15, -0.1) is 0 Å². The third-order valence-corrected chi connectivity index (χ3v) is 3.54. The molecule has 1 heterocycles. The Labute approximate surface area is 102 Å². The van der Waals surface area contributed by atoms with Crippen LogP contribution in [0.1, 0.15) is 29.9 Å². The van der Waals surface area contributed by atoms with Gasteiger partial charge in [-0.2, -0.15) is 0 Å². The van der Waals surface area contributed by atoms with Crippen LogP contribution in [0.2, 0.25) is 0 Å². The Hall–Kier alpha value is -1.51. The first-order valence-corrected chi connectivity index (χ1v) is 6.01. The molecule has 0 saturated heterocycles. The van der Waals surface area contributed by atoms with Crippen LogP contribution in [0.4, 0.5) is 5.69 Å². The molecule has 0 spiro atoms. The van der Waals surface area contributed by atoms with Gasteiger partial charge in [-0.05, 0) is 30.4 Å². The molecule has 0 amide bonds. The number of esters is 1. The zero-order chi connectivity index (χ0) is 12.4. The van der Waals surface area contributed by atoms with Gasteiger partial charge in [0, 0.05) is 19.3 Å². The lowest BCUT2D eigenvalue weighted by Gasteiger charge is -2.34. The van der Waals surface area contributed by atoms with Gasteiger partial charge in [0.15, 0.2) is 0 Å². The van der Waals surface area contributed by atoms with E-state index < -0.39 is 0 Å². The number of anilines is 1. The Balaban J connectivity index is 2.33. The molecular weight excluding hydrogens is 214 g/mol. The molecule has 3 nitrogen and oxygen atoms in total. The summed E-state index contributed by atoms with van der Waals surface area (Å²) in [6, 6.07) is 6.32. The average molecular weight is 233 g/mol. The summed E-state index contributed by atoms with van der Waals surface area (Å²) in [5.74, 6) is 0.181. The van der Waals surface area contributed by atoms with Crippen molar-refractivity contribution in [3.63, 3.8) is 0 Å². The topological polar surface area (TPSA) is 29.5 Å². The molecule has 0 N–H and O–H groups in total. The van der Waals surface area contributed by atoms with Crippen LogP contribution >= 0.6 is 0 Å². The van der Waals surface area contributed by atoms with Gasteiger partial charge in [0.1, 0.15) is 0 Å². The number of aryl methyl sites for hydroxylation is 1. The Morgan fingerprint density at radius 3 is 3.00 bits per heavy atom. The standard InChI is InChI=1S/C14H19NO2/c1-10-5-4-6-12-11(9-13(16)17-3)7-8-15(2)14(10)12/h4-6,11H,7-9H2,1-3H3. The Morgan fingerprint density at radius 1 is 1.53 bits per heavy atom. The summed E-state index contributed by atoms with van der Waals surface area (Å²) in [6.07, 6.45) is 1.50. The monoisotopic (exact) mass is 233 g/mol. The molecule has 1 atom stereocenters. The molecule has 0 aromatic heterocycles. The quantitative estimate of drug-likeness (QED) is 0.735. The molecule has 1 aliphatic heterocycles. The van der Waals surface area contributed by atoms with Crippen LogP contribution in [0.25, 0.3) is 0 Å². The van der Waals surface area contributed by atoms with Crippen LogP contribution < -0.4 is 4.90 Å². The molecule has 92 valence electrons. The number of carbonyl (C=O) groups excluding carboxylic acids is 1. The highest BCUT2D eigenvalue weighted by Gasteiger charge is 2.26. The molecule has 0 bridgehead atoms. The summed E-state index contributed by atoms with van der Waals surface area (Å²) >= 11 is 0. The highest BCUT2D eigenvalue weighted by molar-refractivity contribution is 5.72. The number of carbonyl (C=O) groups is 1. The number of benzene rings is 1. The van der Waals surface area contributed by atoms with Gasteiger partial charge < -0.3 is 9.64 Å². The molecule has 1 aromatic rings. The van der Waals surface area contributed by atoms with Crippen molar-refractivity contribution in [3.05, 3.63) is 29.3 Å². The summed E-state index contributed by atoms with van der Waals surface area (Å²) in [6.45, 7) is 3.12. The van der Waals surface area contributed by atoms with Crippen LogP contribution in [-0.4, -0.2) is 26.7 Å². The fraction of sp³-hybridized carbons (Fsp3) is 0.500. The second kappa shape index (κ2) is 4.78. The second-order valence-corrected chi connectivity index (χ2v) is 4.70. The first-order chi connectivity index (χ1) is 8.13. The van der Waals surface area contributed by atoms with E-state index in [1.165, 1.54) is 23.9 Å². The maximum absolute atomic E-state index is 11.4. The zero-order valence-corrected chi connectivity index (χ0v) is 10.7. The van der Waals surface area contributed by atoms with E-state index in [0.717, 1.165) is 13.0 Å². The van der Waals surface area contributed by atoms with Gasteiger partial charge in [-0.3, -0.25) is 4.79 Å². The number of nitrogens with zero attached hydrogens (tertiary/aromatic N) is 1. The Morgan fingerprint density at radius 2 is 2.29 bits per heavy atom. The van der Waals surface area contributed by atoms with Crippen molar-refractivity contribution in [1.29, 1.82) is 0 Å². The SMILES string of the molecule is COC(=O)CC1CCN(C)c2c(C)cccc21. The molecule has 1 aliphatic rings. The lowest BCUT2D eigenvalue weighted by Crippen LogP contribution is -2.29. The van der Waals surface area contributed by atoms with Crippen LogP contribution in [0.3, 0.4) is 0 Å². The van der Waals surface area contributed by atoms with Crippen molar-refractivity contribution in [2.24, 2.45) is 0 Å². The molecular formula is C14H19NO2. The summed E-state index contributed by atoms with van der Waals surface area (Å²) in [5.41, 5.74) is 3.84. The predicted molar refractivity (Wildman–Crippen MR) is 68.4 cm³/mol. The van der Waals surface area contributed by atoms with Gasteiger partial charge >= 0.3 is 5.97 Å². The molecule has 0 saturated carbocycles. The summed E-state index contributed by atoms with van der Waals surface area (Å²) in [7, 11) is 3.56. The lowest BCUT2D eigenvalue weighted by molar-refractivity contribution is -0.141. The summed E-state index contributed by atoms with van der Waals surface area (Å²) < 4.78 is 4.77. The van der Waals surface area contributed by atoms with Gasteiger partial charge in [0.2, 0.25) is 0 Å². The number of hydrogen-bond acceptors (Lipinski definition) is 3. The molecule has 1 unspecified atom stereocenters. The van der Waals surface area contributed by atoms with Crippen molar-refractivity contribution in [1.82, 2.24) is 0 Å². The molecule has 0 aliphatic carbocycles. The minimum absolute atomic E-state index is 0.119. The molecule has 1 aromatic carbocycles. The number of para-hydroxylation sites is 1. The number of rotatable bonds is 2. The summed E-state index contributed by atoms with van der Waals surface area (Å²) in [5, 5.41) is 0. The van der Waals surface area contributed by atoms with Crippen molar-refractivity contribution in [3.8, 4) is 0 Å². The van der Waals surface area contributed by atoms with E-state index in [9.17, 15) is 4.79 Å². The minimum Gasteiger partial charge on any atom is -0.469 e. The van der Waals surface area contributed by atoms with E-state index >= 15 is 0 Å². The molecule has 2 rings (SSSR count). The zero-order valence-electron chi connectivity index (χ0n) is 10.7. The van der Waals surface area contributed by atoms with E-state index in [4.69, 9.17) is 4.74 Å². The first-order valence-electron chi connectivity index (χ1n) is 6.01. The summed E-state index contributed by atoms with van der Waals surface area (Å²) in [4.78, 5) is 13.7. The van der Waals surface area contributed by atoms with Crippen molar-refractivity contribution in [2.45, 2.75) is 25.7 Å². The van der Waals surface area contributed by atoms with Gasteiger partial charge in [-0.25, -0.2) is 0 Å². The van der Waals surface area contributed by atoms with Gasteiger partial charge in [0.25, 0.3) is 0 Å². The largest absolute Gasteiger partial charge is 0.469 e. The Kier molecular flexibility index (Phi) is 3.36. The van der Waals surface area contributed by atoms with E-state index in [2.05, 4.69) is 37.1 Å². The highest BCUT2D eigenvalue weighted by atomic mass is 16.5. The Bertz CT molecular complexity index is 428.